The SMILES string of the molecule is Cc1cc(N(C)CC(=O)N2CCCC2)c([C@H](C)O)cc1F. The van der Waals surface area contributed by atoms with Gasteiger partial charge in [-0.2, -0.15) is 0 Å². The fraction of sp³-hybridized carbons (Fsp3) is 0.562. The van der Waals surface area contributed by atoms with Gasteiger partial charge in [0, 0.05) is 31.4 Å². The highest BCUT2D eigenvalue weighted by Crippen LogP contribution is 2.28. The van der Waals surface area contributed by atoms with Crippen LogP contribution in [0.5, 0.6) is 0 Å². The number of likely N-dealkylation sites (tertiary alicyclic amines) is 1. The van der Waals surface area contributed by atoms with Crippen LogP contribution in [0.2, 0.25) is 0 Å². The topological polar surface area (TPSA) is 43.8 Å². The molecule has 21 heavy (non-hydrogen) atoms. The van der Waals surface area contributed by atoms with E-state index < -0.39 is 6.10 Å². The second-order valence-corrected chi connectivity index (χ2v) is 5.78. The second-order valence-electron chi connectivity index (χ2n) is 5.78. The van der Waals surface area contributed by atoms with E-state index in [0.717, 1.165) is 25.9 Å². The third-order valence-electron chi connectivity index (χ3n) is 4.00. The van der Waals surface area contributed by atoms with Crippen LogP contribution in [0.4, 0.5) is 10.1 Å². The molecule has 1 heterocycles. The molecule has 1 saturated heterocycles. The molecule has 1 aromatic rings. The van der Waals surface area contributed by atoms with Crippen molar-refractivity contribution in [2.24, 2.45) is 0 Å². The average Bonchev–Trinajstić information content (AvgIpc) is 2.95. The molecule has 0 saturated carbocycles. The van der Waals surface area contributed by atoms with Gasteiger partial charge in [0.05, 0.1) is 12.6 Å². The highest BCUT2D eigenvalue weighted by atomic mass is 19.1. The number of hydrogen-bond acceptors (Lipinski definition) is 3. The Hall–Kier alpha value is -1.62. The Morgan fingerprint density at radius 2 is 2.05 bits per heavy atom. The first kappa shape index (κ1) is 15.8. The molecule has 1 aliphatic rings. The van der Waals surface area contributed by atoms with E-state index >= 15 is 0 Å². The van der Waals surface area contributed by atoms with Crippen molar-refractivity contribution in [2.75, 3.05) is 31.6 Å². The van der Waals surface area contributed by atoms with E-state index in [2.05, 4.69) is 0 Å². The van der Waals surface area contributed by atoms with Crippen LogP contribution in [-0.2, 0) is 4.79 Å². The molecule has 0 aliphatic carbocycles. The Kier molecular flexibility index (Phi) is 4.83. The molecule has 2 rings (SSSR count). The Labute approximate surface area is 125 Å². The van der Waals surface area contributed by atoms with Crippen LogP contribution in [0.15, 0.2) is 12.1 Å². The van der Waals surface area contributed by atoms with Crippen LogP contribution in [0, 0.1) is 12.7 Å². The molecule has 4 nitrogen and oxygen atoms in total. The van der Waals surface area contributed by atoms with E-state index in [-0.39, 0.29) is 18.3 Å². The summed E-state index contributed by atoms with van der Waals surface area (Å²) in [5.74, 6) is -0.262. The molecule has 1 fully saturated rings. The van der Waals surface area contributed by atoms with Crippen molar-refractivity contribution in [2.45, 2.75) is 32.8 Å². The number of nitrogens with zero attached hydrogens (tertiary/aromatic N) is 2. The normalized spacial score (nSPS) is 16.1. The summed E-state index contributed by atoms with van der Waals surface area (Å²) in [6, 6.07) is 3.04. The summed E-state index contributed by atoms with van der Waals surface area (Å²) in [6.07, 6.45) is 1.34. The largest absolute Gasteiger partial charge is 0.389 e. The summed E-state index contributed by atoms with van der Waals surface area (Å²) in [6.45, 7) is 5.16. The number of aliphatic hydroxyl groups is 1. The number of aryl methyl sites for hydroxylation is 1. The Morgan fingerprint density at radius 3 is 2.62 bits per heavy atom. The quantitative estimate of drug-likeness (QED) is 0.926. The van der Waals surface area contributed by atoms with Gasteiger partial charge in [0.1, 0.15) is 5.82 Å². The Morgan fingerprint density at radius 1 is 1.43 bits per heavy atom. The standard InChI is InChI=1S/C16H23FN2O2/c1-11-8-15(13(12(2)20)9-14(11)17)18(3)10-16(21)19-6-4-5-7-19/h8-9,12,20H,4-7,10H2,1-3H3/t12-/m0/s1. The molecule has 1 atom stereocenters. The molecule has 1 N–H and O–H groups in total. The van der Waals surface area contributed by atoms with E-state index in [1.54, 1.807) is 31.9 Å². The molecule has 0 unspecified atom stereocenters. The smallest absolute Gasteiger partial charge is 0.242 e. The lowest BCUT2D eigenvalue weighted by Gasteiger charge is -2.26. The molecule has 1 aliphatic heterocycles. The van der Waals surface area contributed by atoms with E-state index in [9.17, 15) is 14.3 Å². The van der Waals surface area contributed by atoms with Gasteiger partial charge in [-0.15, -0.1) is 0 Å². The molecule has 1 amide bonds. The molecule has 0 spiro atoms. The van der Waals surface area contributed by atoms with Gasteiger partial charge in [-0.25, -0.2) is 4.39 Å². The van der Waals surface area contributed by atoms with Crippen molar-refractivity contribution in [3.8, 4) is 0 Å². The highest BCUT2D eigenvalue weighted by molar-refractivity contribution is 5.82. The number of carbonyl (C=O) groups is 1. The lowest BCUT2D eigenvalue weighted by atomic mass is 10.0. The molecule has 5 heteroatoms. The number of carbonyl (C=O) groups excluding carboxylic acids is 1. The van der Waals surface area contributed by atoms with E-state index in [1.165, 1.54) is 6.07 Å². The van der Waals surface area contributed by atoms with Crippen molar-refractivity contribution in [1.29, 1.82) is 0 Å². The third kappa shape index (κ3) is 3.53. The zero-order valence-electron chi connectivity index (χ0n) is 12.9. The predicted molar refractivity (Wildman–Crippen MR) is 80.9 cm³/mol. The van der Waals surface area contributed by atoms with Gasteiger partial charge in [0.15, 0.2) is 0 Å². The lowest BCUT2D eigenvalue weighted by Crippen LogP contribution is -2.37. The van der Waals surface area contributed by atoms with Crippen molar-refractivity contribution in [3.05, 3.63) is 29.1 Å². The van der Waals surface area contributed by atoms with Crippen LogP contribution < -0.4 is 4.90 Å². The number of anilines is 1. The highest BCUT2D eigenvalue weighted by Gasteiger charge is 2.21. The number of amides is 1. The molecule has 116 valence electrons. The Bertz CT molecular complexity index is 525. The van der Waals surface area contributed by atoms with E-state index in [4.69, 9.17) is 0 Å². The summed E-state index contributed by atoms with van der Waals surface area (Å²) in [4.78, 5) is 15.9. The maximum atomic E-state index is 13.7. The fourth-order valence-electron chi connectivity index (χ4n) is 2.70. The van der Waals surface area contributed by atoms with Gasteiger partial charge in [-0.05, 0) is 44.4 Å². The molecule has 0 bridgehead atoms. The molecular weight excluding hydrogens is 271 g/mol. The Balaban J connectivity index is 2.19. The maximum absolute atomic E-state index is 13.7. The minimum absolute atomic E-state index is 0.0773. The van der Waals surface area contributed by atoms with Crippen molar-refractivity contribution >= 4 is 11.6 Å². The average molecular weight is 294 g/mol. The van der Waals surface area contributed by atoms with Gasteiger partial charge in [-0.1, -0.05) is 0 Å². The van der Waals surface area contributed by atoms with Gasteiger partial charge in [0.25, 0.3) is 0 Å². The summed E-state index contributed by atoms with van der Waals surface area (Å²) < 4.78 is 13.7. The third-order valence-corrected chi connectivity index (χ3v) is 4.00. The number of likely N-dealkylation sites (N-methyl/N-ethyl adjacent to an activating group) is 1. The molecule has 0 radical (unpaired) electrons. The predicted octanol–water partition coefficient (Wildman–Crippen LogP) is 2.25. The zero-order chi connectivity index (χ0) is 15.6. The van der Waals surface area contributed by atoms with Crippen LogP contribution in [0.3, 0.4) is 0 Å². The number of benzene rings is 1. The minimum atomic E-state index is -0.778. The van der Waals surface area contributed by atoms with Crippen molar-refractivity contribution < 1.29 is 14.3 Å². The van der Waals surface area contributed by atoms with Gasteiger partial charge in [0.2, 0.25) is 5.91 Å². The zero-order valence-corrected chi connectivity index (χ0v) is 12.9. The monoisotopic (exact) mass is 294 g/mol. The number of aliphatic hydroxyl groups excluding tert-OH is 1. The molecule has 1 aromatic carbocycles. The lowest BCUT2D eigenvalue weighted by molar-refractivity contribution is -0.128. The summed E-state index contributed by atoms with van der Waals surface area (Å²) in [7, 11) is 1.80. The summed E-state index contributed by atoms with van der Waals surface area (Å²) >= 11 is 0. The summed E-state index contributed by atoms with van der Waals surface area (Å²) in [5, 5.41) is 9.83. The van der Waals surface area contributed by atoms with Crippen LogP contribution in [-0.4, -0.2) is 42.6 Å². The van der Waals surface area contributed by atoms with Crippen LogP contribution in [0.25, 0.3) is 0 Å². The van der Waals surface area contributed by atoms with Crippen LogP contribution >= 0.6 is 0 Å². The molecular formula is C16H23FN2O2. The first-order valence-corrected chi connectivity index (χ1v) is 7.37. The first-order chi connectivity index (χ1) is 9.90. The van der Waals surface area contributed by atoms with E-state index in [0.29, 0.717) is 16.8 Å². The maximum Gasteiger partial charge on any atom is 0.242 e. The van der Waals surface area contributed by atoms with Crippen LogP contribution in [0.1, 0.15) is 37.0 Å². The van der Waals surface area contributed by atoms with Crippen molar-refractivity contribution in [3.63, 3.8) is 0 Å². The van der Waals surface area contributed by atoms with E-state index in [1.807, 2.05) is 4.90 Å². The number of rotatable bonds is 4. The molecule has 0 aromatic heterocycles. The van der Waals surface area contributed by atoms with Gasteiger partial charge >= 0.3 is 0 Å². The second kappa shape index (κ2) is 6.43. The summed E-state index contributed by atoms with van der Waals surface area (Å²) in [5.41, 5.74) is 1.72. The number of halogens is 1. The minimum Gasteiger partial charge on any atom is -0.389 e. The number of hydrogen-bond donors (Lipinski definition) is 1. The first-order valence-electron chi connectivity index (χ1n) is 7.37. The van der Waals surface area contributed by atoms with Gasteiger partial charge in [-0.3, -0.25) is 4.79 Å². The van der Waals surface area contributed by atoms with Crippen molar-refractivity contribution in [1.82, 2.24) is 4.90 Å². The fourth-order valence-corrected chi connectivity index (χ4v) is 2.70. The van der Waals surface area contributed by atoms with Gasteiger partial charge < -0.3 is 14.9 Å².